The molecule has 0 amide bonds. The molecule has 0 aromatic heterocycles. The van der Waals surface area contributed by atoms with Gasteiger partial charge in [-0.1, -0.05) is 25.8 Å². The molecular formula is C32H25NO10. The Morgan fingerprint density at radius 2 is 1.21 bits per heavy atom. The second-order valence-corrected chi connectivity index (χ2v) is 8.35. The van der Waals surface area contributed by atoms with Crippen molar-refractivity contribution in [1.82, 2.24) is 0 Å². The Balaban J connectivity index is 1.62. The Labute approximate surface area is 246 Å². The fraction of sp³-hybridized carbons (Fsp3) is 0.0625. The standard InChI is InChI=1S/C32H25NO10/c1-4-28(34)40-24-11-8-21(9-12-24)32(38)43-25-13-7-20(17-23(25)19-33)15-16-39-31(37)22-10-14-26(41-29(35)5-2)27(18-22)42-30(36)6-3/h4-14,17-19,33H,1-3,15-16H2. The van der Waals surface area contributed by atoms with Gasteiger partial charge in [-0.15, -0.1) is 0 Å². The lowest BCUT2D eigenvalue weighted by Gasteiger charge is -2.11. The number of ether oxygens (including phenoxy) is 5. The molecule has 0 bridgehead atoms. The molecule has 0 fully saturated rings. The zero-order valence-electron chi connectivity index (χ0n) is 22.7. The van der Waals surface area contributed by atoms with Crippen LogP contribution in [0.25, 0.3) is 0 Å². The summed E-state index contributed by atoms with van der Waals surface area (Å²) in [4.78, 5) is 59.8. The molecule has 0 radical (unpaired) electrons. The number of esters is 5. The molecule has 11 nitrogen and oxygen atoms in total. The van der Waals surface area contributed by atoms with Crippen molar-refractivity contribution in [3.63, 3.8) is 0 Å². The highest BCUT2D eigenvalue weighted by Crippen LogP contribution is 2.29. The van der Waals surface area contributed by atoms with Gasteiger partial charge in [0.25, 0.3) is 0 Å². The fourth-order valence-electron chi connectivity index (χ4n) is 3.38. The molecule has 0 aliphatic heterocycles. The van der Waals surface area contributed by atoms with E-state index in [1.54, 1.807) is 12.1 Å². The monoisotopic (exact) mass is 583 g/mol. The summed E-state index contributed by atoms with van der Waals surface area (Å²) in [7, 11) is 0. The predicted octanol–water partition coefficient (Wildman–Crippen LogP) is 4.58. The van der Waals surface area contributed by atoms with Gasteiger partial charge in [-0.25, -0.2) is 24.0 Å². The molecule has 0 spiro atoms. The summed E-state index contributed by atoms with van der Waals surface area (Å²) >= 11 is 0. The maximum Gasteiger partial charge on any atom is 0.343 e. The molecule has 0 atom stereocenters. The van der Waals surface area contributed by atoms with Crippen molar-refractivity contribution < 1.29 is 47.7 Å². The Bertz CT molecular complexity index is 1600. The lowest BCUT2D eigenvalue weighted by Crippen LogP contribution is -2.12. The van der Waals surface area contributed by atoms with Crippen LogP contribution in [-0.2, 0) is 25.5 Å². The lowest BCUT2D eigenvalue weighted by molar-refractivity contribution is -0.131. The summed E-state index contributed by atoms with van der Waals surface area (Å²) in [6, 6.07) is 14.3. The van der Waals surface area contributed by atoms with E-state index < -0.39 is 29.8 Å². The highest BCUT2D eigenvalue weighted by Gasteiger charge is 2.17. The second-order valence-electron chi connectivity index (χ2n) is 8.35. The molecular weight excluding hydrogens is 558 g/mol. The van der Waals surface area contributed by atoms with E-state index in [1.165, 1.54) is 48.5 Å². The third kappa shape index (κ3) is 8.95. The van der Waals surface area contributed by atoms with Crippen molar-refractivity contribution in [3.8, 4) is 23.0 Å². The van der Waals surface area contributed by atoms with Crippen LogP contribution in [0.4, 0.5) is 0 Å². The van der Waals surface area contributed by atoms with Gasteiger partial charge in [0.15, 0.2) is 11.5 Å². The van der Waals surface area contributed by atoms with Gasteiger partial charge < -0.3 is 29.1 Å². The van der Waals surface area contributed by atoms with Gasteiger partial charge in [0, 0.05) is 36.4 Å². The quantitative estimate of drug-likeness (QED) is 0.131. The van der Waals surface area contributed by atoms with E-state index in [-0.39, 0.29) is 47.2 Å². The van der Waals surface area contributed by atoms with Crippen molar-refractivity contribution >= 4 is 36.1 Å². The number of carbonyl (C=O) groups is 5. The number of benzene rings is 3. The van der Waals surface area contributed by atoms with Crippen molar-refractivity contribution in [2.24, 2.45) is 0 Å². The molecule has 11 heteroatoms. The van der Waals surface area contributed by atoms with Gasteiger partial charge in [-0.05, 0) is 60.2 Å². The highest BCUT2D eigenvalue weighted by molar-refractivity contribution is 5.94. The number of hydrogen-bond acceptors (Lipinski definition) is 11. The zero-order chi connectivity index (χ0) is 31.4. The normalized spacial score (nSPS) is 9.95. The van der Waals surface area contributed by atoms with Crippen molar-refractivity contribution in [2.45, 2.75) is 6.42 Å². The first-order valence-electron chi connectivity index (χ1n) is 12.5. The first-order valence-corrected chi connectivity index (χ1v) is 12.5. The second kappa shape index (κ2) is 15.1. The van der Waals surface area contributed by atoms with E-state index in [1.807, 2.05) is 0 Å². The van der Waals surface area contributed by atoms with Crippen molar-refractivity contribution in [1.29, 1.82) is 5.41 Å². The van der Waals surface area contributed by atoms with Gasteiger partial charge in [0.2, 0.25) is 0 Å². The smallest absolute Gasteiger partial charge is 0.343 e. The Kier molecular flexibility index (Phi) is 11.0. The summed E-state index contributed by atoms with van der Waals surface area (Å²) in [5.41, 5.74) is 1.22. The zero-order valence-corrected chi connectivity index (χ0v) is 22.7. The molecule has 0 unspecified atom stereocenters. The van der Waals surface area contributed by atoms with E-state index in [0.717, 1.165) is 24.4 Å². The van der Waals surface area contributed by atoms with Crippen LogP contribution in [0, 0.1) is 5.41 Å². The number of rotatable bonds is 13. The van der Waals surface area contributed by atoms with E-state index in [4.69, 9.17) is 29.1 Å². The highest BCUT2D eigenvalue weighted by atomic mass is 16.6. The van der Waals surface area contributed by atoms with Crippen LogP contribution in [0.1, 0.15) is 31.8 Å². The largest absolute Gasteiger partial charge is 0.462 e. The van der Waals surface area contributed by atoms with Gasteiger partial charge in [0.1, 0.15) is 11.5 Å². The van der Waals surface area contributed by atoms with Crippen LogP contribution in [0.15, 0.2) is 98.6 Å². The predicted molar refractivity (Wildman–Crippen MR) is 154 cm³/mol. The molecule has 0 aliphatic carbocycles. The average Bonchev–Trinajstić information content (AvgIpc) is 3.02. The molecule has 0 saturated carbocycles. The van der Waals surface area contributed by atoms with Crippen molar-refractivity contribution in [2.75, 3.05) is 6.61 Å². The molecule has 3 aromatic rings. The maximum atomic E-state index is 12.6. The van der Waals surface area contributed by atoms with Crippen molar-refractivity contribution in [3.05, 3.63) is 121 Å². The average molecular weight is 584 g/mol. The summed E-state index contributed by atoms with van der Waals surface area (Å²) in [5, 5.41) is 7.72. The minimum atomic E-state index is -0.831. The number of nitrogens with one attached hydrogen (secondary N) is 1. The third-order valence-electron chi connectivity index (χ3n) is 5.47. The van der Waals surface area contributed by atoms with Crippen LogP contribution in [0.5, 0.6) is 23.0 Å². The van der Waals surface area contributed by atoms with Crippen LogP contribution < -0.4 is 18.9 Å². The van der Waals surface area contributed by atoms with Crippen LogP contribution in [-0.4, -0.2) is 42.7 Å². The Hall–Kier alpha value is -6.10. The third-order valence-corrected chi connectivity index (χ3v) is 5.47. The molecule has 43 heavy (non-hydrogen) atoms. The topological polar surface area (TPSA) is 155 Å². The summed E-state index contributed by atoms with van der Waals surface area (Å²) < 4.78 is 25.8. The number of carbonyl (C=O) groups excluding carboxylic acids is 5. The molecule has 218 valence electrons. The van der Waals surface area contributed by atoms with E-state index in [0.29, 0.717) is 11.1 Å². The minimum Gasteiger partial charge on any atom is -0.462 e. The van der Waals surface area contributed by atoms with Crippen LogP contribution >= 0.6 is 0 Å². The first kappa shape index (κ1) is 31.4. The first-order chi connectivity index (χ1) is 20.7. The number of hydrogen-bond donors (Lipinski definition) is 1. The van der Waals surface area contributed by atoms with Gasteiger partial charge >= 0.3 is 29.8 Å². The Morgan fingerprint density at radius 3 is 1.84 bits per heavy atom. The van der Waals surface area contributed by atoms with Crippen LogP contribution in [0.2, 0.25) is 0 Å². The summed E-state index contributed by atoms with van der Waals surface area (Å²) in [6.45, 7) is 9.87. The van der Waals surface area contributed by atoms with E-state index in [9.17, 15) is 24.0 Å². The van der Waals surface area contributed by atoms with Gasteiger partial charge in [0.05, 0.1) is 17.7 Å². The fourth-order valence-corrected chi connectivity index (χ4v) is 3.38. The van der Waals surface area contributed by atoms with E-state index >= 15 is 0 Å². The van der Waals surface area contributed by atoms with Gasteiger partial charge in [-0.2, -0.15) is 0 Å². The molecule has 0 saturated heterocycles. The molecule has 0 heterocycles. The minimum absolute atomic E-state index is 0.0274. The SMILES string of the molecule is C=CC(=O)Oc1ccc(C(=O)Oc2ccc(CCOC(=O)c3ccc(OC(=O)C=C)c(OC(=O)C=C)c3)cc2C=N)cc1. The molecule has 3 aromatic carbocycles. The molecule has 3 rings (SSSR count). The van der Waals surface area contributed by atoms with Gasteiger partial charge in [-0.3, -0.25) is 0 Å². The molecule has 1 N–H and O–H groups in total. The maximum absolute atomic E-state index is 12.6. The van der Waals surface area contributed by atoms with Crippen LogP contribution in [0.3, 0.4) is 0 Å². The summed E-state index contributed by atoms with van der Waals surface area (Å²) in [6.07, 6.45) is 4.12. The Morgan fingerprint density at radius 1 is 0.628 bits per heavy atom. The van der Waals surface area contributed by atoms with E-state index in [2.05, 4.69) is 19.7 Å². The summed E-state index contributed by atoms with van der Waals surface area (Å²) in [5.74, 6) is -3.61. The lowest BCUT2D eigenvalue weighted by atomic mass is 10.1. The molecule has 0 aliphatic rings.